The summed E-state index contributed by atoms with van der Waals surface area (Å²) in [6.45, 7) is 0.785. The fourth-order valence-electron chi connectivity index (χ4n) is 2.61. The number of anilines is 1. The van der Waals surface area contributed by atoms with Crippen LogP contribution in [0.4, 0.5) is 5.69 Å². The highest BCUT2D eigenvalue weighted by Gasteiger charge is 2.28. The summed E-state index contributed by atoms with van der Waals surface area (Å²) in [5.74, 6) is -2.14. The Labute approximate surface area is 114 Å². The van der Waals surface area contributed by atoms with Crippen LogP contribution in [0.2, 0.25) is 0 Å². The third kappa shape index (κ3) is 1.89. The van der Waals surface area contributed by atoms with Crippen LogP contribution < -0.4 is 9.64 Å². The van der Waals surface area contributed by atoms with Crippen LogP contribution in [0.1, 0.15) is 40.0 Å². The van der Waals surface area contributed by atoms with Gasteiger partial charge in [-0.25, -0.2) is 9.59 Å². The highest BCUT2D eigenvalue weighted by Crippen LogP contribution is 2.40. The molecule has 6 heteroatoms. The van der Waals surface area contributed by atoms with Crippen molar-refractivity contribution >= 4 is 17.6 Å². The van der Waals surface area contributed by atoms with Crippen molar-refractivity contribution in [3.05, 3.63) is 35.2 Å². The Balaban J connectivity index is 2.14. The monoisotopic (exact) mass is 275 g/mol. The molecule has 0 aromatic heterocycles. The van der Waals surface area contributed by atoms with Crippen molar-refractivity contribution in [3.63, 3.8) is 0 Å². The fourth-order valence-corrected chi connectivity index (χ4v) is 2.61. The molecule has 1 aromatic rings. The Hall–Kier alpha value is -2.50. The smallest absolute Gasteiger partial charge is 0.336 e. The first kappa shape index (κ1) is 12.5. The quantitative estimate of drug-likeness (QED) is 0.861. The average Bonchev–Trinajstić information content (AvgIpc) is 2.45. The van der Waals surface area contributed by atoms with Gasteiger partial charge >= 0.3 is 11.9 Å². The predicted molar refractivity (Wildman–Crippen MR) is 70.3 cm³/mol. The van der Waals surface area contributed by atoms with Gasteiger partial charge in [-0.3, -0.25) is 0 Å². The number of aromatic carboxylic acids is 2. The second-order valence-electron chi connectivity index (χ2n) is 4.81. The van der Waals surface area contributed by atoms with Crippen molar-refractivity contribution in [2.45, 2.75) is 19.3 Å². The molecule has 20 heavy (non-hydrogen) atoms. The minimum absolute atomic E-state index is 0.216. The van der Waals surface area contributed by atoms with Gasteiger partial charge in [0.25, 0.3) is 0 Å². The van der Waals surface area contributed by atoms with E-state index in [0.29, 0.717) is 11.4 Å². The maximum atomic E-state index is 11.2. The van der Waals surface area contributed by atoms with Gasteiger partial charge < -0.3 is 19.8 Å². The number of nitrogens with zero attached hydrogens (tertiary/aromatic N) is 1. The van der Waals surface area contributed by atoms with Gasteiger partial charge in [0.2, 0.25) is 0 Å². The molecule has 2 heterocycles. The average molecular weight is 275 g/mol. The lowest BCUT2D eigenvalue weighted by Crippen LogP contribution is -2.31. The molecular formula is C14H13NO5. The van der Waals surface area contributed by atoms with Gasteiger partial charge in [-0.05, 0) is 31.4 Å². The van der Waals surface area contributed by atoms with Crippen LogP contribution in [0, 0.1) is 0 Å². The zero-order chi connectivity index (χ0) is 14.3. The zero-order valence-corrected chi connectivity index (χ0v) is 10.6. The van der Waals surface area contributed by atoms with Gasteiger partial charge in [0.1, 0.15) is 6.26 Å². The normalized spacial score (nSPS) is 16.6. The van der Waals surface area contributed by atoms with Crippen molar-refractivity contribution in [3.8, 4) is 5.75 Å². The zero-order valence-electron chi connectivity index (χ0n) is 10.6. The number of hydrogen-bond donors (Lipinski definition) is 2. The van der Waals surface area contributed by atoms with Gasteiger partial charge in [0.15, 0.2) is 5.75 Å². The van der Waals surface area contributed by atoms with E-state index >= 15 is 0 Å². The molecule has 0 radical (unpaired) electrons. The molecule has 1 aromatic carbocycles. The van der Waals surface area contributed by atoms with Crippen LogP contribution in [-0.2, 0) is 0 Å². The van der Waals surface area contributed by atoms with Crippen molar-refractivity contribution in [1.82, 2.24) is 0 Å². The lowest BCUT2D eigenvalue weighted by atomic mass is 10.0. The molecule has 0 unspecified atom stereocenters. The van der Waals surface area contributed by atoms with E-state index in [-0.39, 0.29) is 11.1 Å². The first-order valence-electron chi connectivity index (χ1n) is 6.36. The van der Waals surface area contributed by atoms with Gasteiger partial charge in [0, 0.05) is 6.54 Å². The topological polar surface area (TPSA) is 87.1 Å². The number of carboxylic acid groups (broad SMARTS) is 2. The summed E-state index contributed by atoms with van der Waals surface area (Å²) in [5.41, 5.74) is 1.16. The van der Waals surface area contributed by atoms with Gasteiger partial charge in [0.05, 0.1) is 22.5 Å². The first-order chi connectivity index (χ1) is 9.58. The molecule has 2 aliphatic heterocycles. The molecule has 104 valence electrons. The van der Waals surface area contributed by atoms with E-state index in [4.69, 9.17) is 9.84 Å². The van der Waals surface area contributed by atoms with E-state index < -0.39 is 11.9 Å². The molecule has 6 nitrogen and oxygen atoms in total. The van der Waals surface area contributed by atoms with Gasteiger partial charge in [-0.1, -0.05) is 0 Å². The molecule has 0 amide bonds. The van der Waals surface area contributed by atoms with Crippen LogP contribution in [-0.4, -0.2) is 28.7 Å². The SMILES string of the molecule is O=C(O)c1cc2c(cc1C(=O)O)N1CCCCC1=CO2. The fraction of sp³-hybridized carbons (Fsp3) is 0.286. The van der Waals surface area contributed by atoms with E-state index in [1.54, 1.807) is 6.26 Å². The van der Waals surface area contributed by atoms with Gasteiger partial charge in [-0.15, -0.1) is 0 Å². The second-order valence-corrected chi connectivity index (χ2v) is 4.81. The summed E-state index contributed by atoms with van der Waals surface area (Å²) in [7, 11) is 0. The van der Waals surface area contributed by atoms with Crippen LogP contribution >= 0.6 is 0 Å². The highest BCUT2D eigenvalue weighted by atomic mass is 16.5. The van der Waals surface area contributed by atoms with Gasteiger partial charge in [-0.2, -0.15) is 0 Å². The number of ether oxygens (including phenoxy) is 1. The Bertz CT molecular complexity index is 635. The molecule has 0 spiro atoms. The number of hydrogen-bond acceptors (Lipinski definition) is 4. The lowest BCUT2D eigenvalue weighted by Gasteiger charge is -2.35. The minimum Gasteiger partial charge on any atom is -0.478 e. The van der Waals surface area contributed by atoms with E-state index in [9.17, 15) is 14.7 Å². The Morgan fingerprint density at radius 1 is 1.10 bits per heavy atom. The Kier molecular flexibility index (Phi) is 2.85. The third-order valence-electron chi connectivity index (χ3n) is 3.58. The molecule has 0 atom stereocenters. The van der Waals surface area contributed by atoms with E-state index in [1.165, 1.54) is 12.1 Å². The van der Waals surface area contributed by atoms with Crippen LogP contribution in [0.3, 0.4) is 0 Å². The van der Waals surface area contributed by atoms with Crippen molar-refractivity contribution in [2.24, 2.45) is 0 Å². The second kappa shape index (κ2) is 4.56. The van der Waals surface area contributed by atoms with Crippen LogP contribution in [0.25, 0.3) is 0 Å². The standard InChI is InChI=1S/C14H13NO5/c16-13(17)9-5-11-12(6-10(9)14(18)19)20-7-8-3-1-2-4-15(8)11/h5-7H,1-4H2,(H,16,17)(H,18,19). The number of fused-ring (bicyclic) bond motifs is 3. The number of benzene rings is 1. The Morgan fingerprint density at radius 3 is 2.50 bits per heavy atom. The maximum Gasteiger partial charge on any atom is 0.336 e. The molecule has 0 aliphatic carbocycles. The largest absolute Gasteiger partial charge is 0.478 e. The predicted octanol–water partition coefficient (Wildman–Crippen LogP) is 2.31. The van der Waals surface area contributed by atoms with Crippen molar-refractivity contribution in [1.29, 1.82) is 0 Å². The molecule has 2 N–H and O–H groups in total. The number of allylic oxidation sites excluding steroid dienone is 1. The molecule has 0 bridgehead atoms. The first-order valence-corrected chi connectivity index (χ1v) is 6.36. The molecule has 1 saturated heterocycles. The van der Waals surface area contributed by atoms with E-state index in [0.717, 1.165) is 31.5 Å². The summed E-state index contributed by atoms with van der Waals surface area (Å²) in [6, 6.07) is 2.67. The number of carbonyl (C=O) groups is 2. The molecule has 3 rings (SSSR count). The van der Waals surface area contributed by atoms with Crippen molar-refractivity contribution < 1.29 is 24.5 Å². The van der Waals surface area contributed by atoms with E-state index in [1.807, 2.05) is 4.90 Å². The van der Waals surface area contributed by atoms with E-state index in [2.05, 4.69) is 0 Å². The highest BCUT2D eigenvalue weighted by molar-refractivity contribution is 6.03. The summed E-state index contributed by atoms with van der Waals surface area (Å²) in [5, 5.41) is 18.3. The third-order valence-corrected chi connectivity index (χ3v) is 3.58. The van der Waals surface area contributed by atoms with Crippen LogP contribution in [0.5, 0.6) is 5.75 Å². The molecule has 0 saturated carbocycles. The number of rotatable bonds is 2. The number of piperidine rings is 1. The summed E-state index contributed by atoms with van der Waals surface area (Å²) in [6.07, 6.45) is 4.58. The Morgan fingerprint density at radius 2 is 1.80 bits per heavy atom. The molecular weight excluding hydrogens is 262 g/mol. The lowest BCUT2D eigenvalue weighted by molar-refractivity contribution is 0.0651. The van der Waals surface area contributed by atoms with Crippen molar-refractivity contribution in [2.75, 3.05) is 11.4 Å². The summed E-state index contributed by atoms with van der Waals surface area (Å²) < 4.78 is 5.46. The minimum atomic E-state index is -1.28. The molecule has 2 aliphatic rings. The molecule has 1 fully saturated rings. The van der Waals surface area contributed by atoms with Crippen LogP contribution in [0.15, 0.2) is 24.1 Å². The summed E-state index contributed by atoms with van der Waals surface area (Å²) in [4.78, 5) is 24.4. The summed E-state index contributed by atoms with van der Waals surface area (Å²) >= 11 is 0. The number of carboxylic acids is 2. The maximum absolute atomic E-state index is 11.2.